The van der Waals surface area contributed by atoms with Crippen molar-refractivity contribution in [2.24, 2.45) is 0 Å². The van der Waals surface area contributed by atoms with Crippen LogP contribution in [0.4, 0.5) is 0 Å². The Hall–Kier alpha value is -3.40. The molecule has 0 unspecified atom stereocenters. The van der Waals surface area contributed by atoms with E-state index in [1.165, 1.54) is 5.56 Å². The minimum absolute atomic E-state index is 0.413. The van der Waals surface area contributed by atoms with Crippen molar-refractivity contribution in [3.05, 3.63) is 84.4 Å². The minimum Gasteiger partial charge on any atom is -0.492 e. The van der Waals surface area contributed by atoms with Crippen molar-refractivity contribution < 1.29 is 18.9 Å². The SMILES string of the molecule is C=CCOc1ccccc1-c1[c]c(CCCc2ccccc2)c(OC)c(OC)c1OC. The summed E-state index contributed by atoms with van der Waals surface area (Å²) < 4.78 is 23.1. The molecule has 31 heavy (non-hydrogen) atoms. The van der Waals surface area contributed by atoms with Gasteiger partial charge in [0.05, 0.1) is 21.3 Å². The zero-order valence-electron chi connectivity index (χ0n) is 18.4. The quantitative estimate of drug-likeness (QED) is 0.363. The molecule has 1 radical (unpaired) electrons. The first-order valence-corrected chi connectivity index (χ1v) is 10.3. The van der Waals surface area contributed by atoms with E-state index >= 15 is 0 Å². The maximum atomic E-state index is 5.88. The molecule has 0 spiro atoms. The van der Waals surface area contributed by atoms with Crippen molar-refractivity contribution in [3.63, 3.8) is 0 Å². The Morgan fingerprint density at radius 2 is 1.48 bits per heavy atom. The van der Waals surface area contributed by atoms with E-state index in [0.717, 1.165) is 41.7 Å². The molecule has 0 saturated carbocycles. The fourth-order valence-electron chi connectivity index (χ4n) is 3.64. The van der Waals surface area contributed by atoms with Crippen LogP contribution in [0.2, 0.25) is 0 Å². The van der Waals surface area contributed by atoms with Crippen LogP contribution in [0.15, 0.2) is 67.3 Å². The number of ether oxygens (including phenoxy) is 4. The molecule has 0 aliphatic heterocycles. The molecule has 0 heterocycles. The maximum absolute atomic E-state index is 5.88. The molecule has 4 heteroatoms. The van der Waals surface area contributed by atoms with Crippen molar-refractivity contribution in [2.45, 2.75) is 19.3 Å². The van der Waals surface area contributed by atoms with Gasteiger partial charge in [-0.2, -0.15) is 0 Å². The van der Waals surface area contributed by atoms with Crippen molar-refractivity contribution >= 4 is 0 Å². The molecule has 0 bridgehead atoms. The molecule has 161 valence electrons. The van der Waals surface area contributed by atoms with Gasteiger partial charge in [-0.15, -0.1) is 0 Å². The maximum Gasteiger partial charge on any atom is 0.204 e. The van der Waals surface area contributed by atoms with E-state index in [4.69, 9.17) is 18.9 Å². The van der Waals surface area contributed by atoms with Crippen molar-refractivity contribution in [2.75, 3.05) is 27.9 Å². The van der Waals surface area contributed by atoms with Crippen LogP contribution in [0.1, 0.15) is 17.5 Å². The standard InChI is InChI=1S/C27H29O4/c1-5-18-31-24-17-10-9-16-22(24)23-19-21(15-11-14-20-12-7-6-8-13-20)25(28-2)27(30-4)26(23)29-3/h5-10,12-13,16-17H,1,11,14-15,18H2,2-4H3. The molecule has 0 aliphatic carbocycles. The fraction of sp³-hybridized carbons (Fsp3) is 0.259. The van der Waals surface area contributed by atoms with E-state index < -0.39 is 0 Å². The molecule has 0 aromatic heterocycles. The number of para-hydroxylation sites is 1. The predicted octanol–water partition coefficient (Wildman–Crippen LogP) is 5.92. The van der Waals surface area contributed by atoms with Crippen LogP contribution in [-0.4, -0.2) is 27.9 Å². The van der Waals surface area contributed by atoms with Gasteiger partial charge in [0.1, 0.15) is 12.4 Å². The molecule has 4 nitrogen and oxygen atoms in total. The number of aryl methyl sites for hydroxylation is 2. The highest BCUT2D eigenvalue weighted by Crippen LogP contribution is 2.48. The lowest BCUT2D eigenvalue weighted by atomic mass is 9.96. The summed E-state index contributed by atoms with van der Waals surface area (Å²) in [7, 11) is 4.89. The molecule has 0 N–H and O–H groups in total. The first-order valence-electron chi connectivity index (χ1n) is 10.3. The lowest BCUT2D eigenvalue weighted by Gasteiger charge is -2.20. The molecular formula is C27H29O4. The van der Waals surface area contributed by atoms with Crippen LogP contribution in [0.25, 0.3) is 11.1 Å². The lowest BCUT2D eigenvalue weighted by molar-refractivity contribution is 0.322. The lowest BCUT2D eigenvalue weighted by Crippen LogP contribution is -2.03. The minimum atomic E-state index is 0.413. The van der Waals surface area contributed by atoms with Gasteiger partial charge >= 0.3 is 0 Å². The van der Waals surface area contributed by atoms with Gasteiger partial charge in [0.15, 0.2) is 11.5 Å². The van der Waals surface area contributed by atoms with Crippen LogP contribution < -0.4 is 18.9 Å². The summed E-state index contributed by atoms with van der Waals surface area (Å²) in [5.41, 5.74) is 3.93. The van der Waals surface area contributed by atoms with Gasteiger partial charge in [-0.1, -0.05) is 61.2 Å². The third-order valence-electron chi connectivity index (χ3n) is 5.05. The van der Waals surface area contributed by atoms with Crippen molar-refractivity contribution in [1.29, 1.82) is 0 Å². The molecule has 0 aliphatic rings. The third kappa shape index (κ3) is 5.21. The third-order valence-corrected chi connectivity index (χ3v) is 5.05. The summed E-state index contributed by atoms with van der Waals surface area (Å²) in [4.78, 5) is 0. The van der Waals surface area contributed by atoms with Crippen LogP contribution >= 0.6 is 0 Å². The molecule has 3 aromatic carbocycles. The van der Waals surface area contributed by atoms with E-state index in [-0.39, 0.29) is 0 Å². The van der Waals surface area contributed by atoms with E-state index in [2.05, 4.69) is 36.9 Å². The Morgan fingerprint density at radius 3 is 2.16 bits per heavy atom. The Labute approximate surface area is 185 Å². The first-order chi connectivity index (χ1) is 15.2. The fourth-order valence-corrected chi connectivity index (χ4v) is 3.64. The Balaban J connectivity index is 2.03. The van der Waals surface area contributed by atoms with Crippen LogP contribution in [0.5, 0.6) is 23.0 Å². The monoisotopic (exact) mass is 417 g/mol. The summed E-state index contributed by atoms with van der Waals surface area (Å²) in [5, 5.41) is 0. The summed E-state index contributed by atoms with van der Waals surface area (Å²) >= 11 is 0. The van der Waals surface area contributed by atoms with Gasteiger partial charge in [-0.05, 0) is 30.9 Å². The second kappa shape index (κ2) is 11.1. The van der Waals surface area contributed by atoms with Gasteiger partial charge in [0, 0.05) is 22.8 Å². The number of benzene rings is 3. The number of hydrogen-bond acceptors (Lipinski definition) is 4. The van der Waals surface area contributed by atoms with Gasteiger partial charge in [0.2, 0.25) is 5.75 Å². The zero-order chi connectivity index (χ0) is 22.1. The molecule has 0 amide bonds. The molecule has 3 rings (SSSR count). The second-order valence-corrected chi connectivity index (χ2v) is 7.01. The average Bonchev–Trinajstić information content (AvgIpc) is 2.82. The average molecular weight is 418 g/mol. The van der Waals surface area contributed by atoms with Crippen LogP contribution in [-0.2, 0) is 12.8 Å². The topological polar surface area (TPSA) is 36.9 Å². The summed E-state index contributed by atoms with van der Waals surface area (Å²) in [6.07, 6.45) is 4.45. The predicted molar refractivity (Wildman–Crippen MR) is 125 cm³/mol. The normalized spacial score (nSPS) is 10.4. The highest BCUT2D eigenvalue weighted by Gasteiger charge is 2.23. The van der Waals surface area contributed by atoms with Gasteiger partial charge in [0.25, 0.3) is 0 Å². The molecule has 0 fully saturated rings. The highest BCUT2D eigenvalue weighted by atomic mass is 16.5. The molecular weight excluding hydrogens is 388 g/mol. The molecule has 0 saturated heterocycles. The smallest absolute Gasteiger partial charge is 0.204 e. The van der Waals surface area contributed by atoms with Gasteiger partial charge in [-0.25, -0.2) is 0 Å². The number of methoxy groups -OCH3 is 3. The number of rotatable bonds is 11. The van der Waals surface area contributed by atoms with Crippen LogP contribution in [0, 0.1) is 6.07 Å². The Morgan fingerprint density at radius 1 is 0.806 bits per heavy atom. The molecule has 0 atom stereocenters. The van der Waals surface area contributed by atoms with E-state index in [9.17, 15) is 0 Å². The first kappa shape index (κ1) is 22.3. The highest BCUT2D eigenvalue weighted by molar-refractivity contribution is 5.81. The largest absolute Gasteiger partial charge is 0.492 e. The van der Waals surface area contributed by atoms with Crippen LogP contribution in [0.3, 0.4) is 0 Å². The molecule has 3 aromatic rings. The summed E-state index contributed by atoms with van der Waals surface area (Å²) in [6, 6.07) is 21.8. The van der Waals surface area contributed by atoms with E-state index in [1.54, 1.807) is 27.4 Å². The summed E-state index contributed by atoms with van der Waals surface area (Å²) in [5.74, 6) is 2.52. The van der Waals surface area contributed by atoms with E-state index in [1.807, 2.05) is 30.3 Å². The number of hydrogen-bond donors (Lipinski definition) is 0. The summed E-state index contributed by atoms with van der Waals surface area (Å²) in [6.45, 7) is 4.15. The van der Waals surface area contributed by atoms with Gasteiger partial charge in [-0.3, -0.25) is 0 Å². The Bertz CT molecular complexity index is 996. The van der Waals surface area contributed by atoms with E-state index in [0.29, 0.717) is 23.9 Å². The van der Waals surface area contributed by atoms with Crippen molar-refractivity contribution in [1.82, 2.24) is 0 Å². The van der Waals surface area contributed by atoms with Crippen molar-refractivity contribution in [3.8, 4) is 34.1 Å². The second-order valence-electron chi connectivity index (χ2n) is 7.01. The Kier molecular flexibility index (Phi) is 7.99. The zero-order valence-corrected chi connectivity index (χ0v) is 18.4. The van der Waals surface area contributed by atoms with Gasteiger partial charge < -0.3 is 18.9 Å².